The maximum Gasteiger partial charge on any atom is 0.248 e. The zero-order valence-corrected chi connectivity index (χ0v) is 14.5. The minimum atomic E-state index is -3.52. The van der Waals surface area contributed by atoms with E-state index in [-0.39, 0.29) is 4.90 Å². The highest BCUT2D eigenvalue weighted by Gasteiger charge is 2.33. The van der Waals surface area contributed by atoms with Crippen LogP contribution in [0.2, 0.25) is 0 Å². The van der Waals surface area contributed by atoms with Crippen molar-refractivity contribution in [1.29, 1.82) is 0 Å². The Morgan fingerprint density at radius 2 is 1.96 bits per heavy atom. The summed E-state index contributed by atoms with van der Waals surface area (Å²) >= 11 is 0. The smallest absolute Gasteiger partial charge is 0.248 e. The van der Waals surface area contributed by atoms with Gasteiger partial charge in [0.1, 0.15) is 16.4 Å². The molecule has 0 aliphatic carbocycles. The number of piperidine rings is 1. The molecule has 8 heteroatoms. The first-order valence-corrected chi connectivity index (χ1v) is 9.24. The largest absolute Gasteiger partial charge is 0.360 e. The lowest BCUT2D eigenvalue weighted by Crippen LogP contribution is -2.39. The molecule has 0 bridgehead atoms. The SMILES string of the molecule is Cc1noc(C)c1S(=O)(=O)N1CCC(Cn2ccnc2C)CC1. The number of aromatic nitrogens is 3. The third kappa shape index (κ3) is 3.05. The van der Waals surface area contributed by atoms with Crippen LogP contribution in [0.15, 0.2) is 21.8 Å². The third-order valence-corrected chi connectivity index (χ3v) is 6.66. The van der Waals surface area contributed by atoms with E-state index in [0.717, 1.165) is 25.2 Å². The van der Waals surface area contributed by atoms with Crippen molar-refractivity contribution in [2.24, 2.45) is 5.92 Å². The summed E-state index contributed by atoms with van der Waals surface area (Å²) in [4.78, 5) is 4.45. The molecule has 1 aliphatic rings. The van der Waals surface area contributed by atoms with Crippen LogP contribution >= 0.6 is 0 Å². The highest BCUT2D eigenvalue weighted by atomic mass is 32.2. The molecule has 2 aromatic rings. The van der Waals surface area contributed by atoms with Gasteiger partial charge >= 0.3 is 0 Å². The molecule has 3 rings (SSSR count). The molecule has 126 valence electrons. The molecule has 0 spiro atoms. The molecule has 0 N–H and O–H groups in total. The maximum absolute atomic E-state index is 12.8. The summed E-state index contributed by atoms with van der Waals surface area (Å²) in [5, 5.41) is 3.76. The van der Waals surface area contributed by atoms with Gasteiger partial charge in [-0.05, 0) is 39.5 Å². The quantitative estimate of drug-likeness (QED) is 0.850. The molecule has 3 heterocycles. The standard InChI is InChI=1S/C15H22N4O3S/c1-11-15(12(2)22-17-11)23(20,21)19-7-4-14(5-8-19)10-18-9-6-16-13(18)3/h6,9,14H,4-5,7-8,10H2,1-3H3. The van der Waals surface area contributed by atoms with Crippen LogP contribution in [-0.4, -0.2) is 40.5 Å². The Bertz CT molecular complexity index is 766. The van der Waals surface area contributed by atoms with E-state index in [1.807, 2.05) is 13.1 Å². The maximum atomic E-state index is 12.8. The summed E-state index contributed by atoms with van der Waals surface area (Å²) in [6, 6.07) is 0. The van der Waals surface area contributed by atoms with Crippen LogP contribution in [0, 0.1) is 26.7 Å². The van der Waals surface area contributed by atoms with Gasteiger partial charge in [-0.1, -0.05) is 5.16 Å². The van der Waals surface area contributed by atoms with Crippen molar-refractivity contribution in [2.45, 2.75) is 45.1 Å². The van der Waals surface area contributed by atoms with Gasteiger partial charge in [-0.3, -0.25) is 0 Å². The number of hydrogen-bond donors (Lipinski definition) is 0. The van der Waals surface area contributed by atoms with Crippen LogP contribution in [0.3, 0.4) is 0 Å². The molecule has 23 heavy (non-hydrogen) atoms. The van der Waals surface area contributed by atoms with Gasteiger partial charge in [0.15, 0.2) is 5.76 Å². The molecule has 2 aromatic heterocycles. The minimum Gasteiger partial charge on any atom is -0.360 e. The molecule has 0 aromatic carbocycles. The molecular weight excluding hydrogens is 316 g/mol. The van der Waals surface area contributed by atoms with Crippen LogP contribution in [0.25, 0.3) is 0 Å². The lowest BCUT2D eigenvalue weighted by atomic mass is 9.98. The lowest BCUT2D eigenvalue weighted by Gasteiger charge is -2.31. The topological polar surface area (TPSA) is 81.2 Å². The van der Waals surface area contributed by atoms with Crippen LogP contribution in [0.4, 0.5) is 0 Å². The molecule has 1 fully saturated rings. The Balaban J connectivity index is 1.68. The van der Waals surface area contributed by atoms with Crippen molar-refractivity contribution in [2.75, 3.05) is 13.1 Å². The number of imidazole rings is 1. The number of sulfonamides is 1. The first-order valence-electron chi connectivity index (χ1n) is 7.80. The normalized spacial score (nSPS) is 17.7. The van der Waals surface area contributed by atoms with Gasteiger partial charge in [0.2, 0.25) is 10.0 Å². The van der Waals surface area contributed by atoms with Gasteiger partial charge in [0.05, 0.1) is 0 Å². The first-order chi connectivity index (χ1) is 10.9. The van der Waals surface area contributed by atoms with Gasteiger partial charge in [-0.25, -0.2) is 13.4 Å². The highest BCUT2D eigenvalue weighted by molar-refractivity contribution is 7.89. The van der Waals surface area contributed by atoms with Crippen molar-refractivity contribution in [3.8, 4) is 0 Å². The van der Waals surface area contributed by atoms with E-state index in [1.165, 1.54) is 0 Å². The Hall–Kier alpha value is -1.67. The Kier molecular flexibility index (Phi) is 4.29. The Morgan fingerprint density at radius 3 is 2.48 bits per heavy atom. The fourth-order valence-electron chi connectivity index (χ4n) is 3.18. The van der Waals surface area contributed by atoms with Crippen molar-refractivity contribution < 1.29 is 12.9 Å². The second-order valence-electron chi connectivity index (χ2n) is 6.13. The van der Waals surface area contributed by atoms with Crippen molar-refractivity contribution >= 4 is 10.0 Å². The molecule has 1 saturated heterocycles. The summed E-state index contributed by atoms with van der Waals surface area (Å²) < 4.78 is 34.2. The molecular formula is C15H22N4O3S. The predicted molar refractivity (Wildman–Crippen MR) is 84.4 cm³/mol. The average Bonchev–Trinajstić information content (AvgIpc) is 3.06. The second-order valence-corrected chi connectivity index (χ2v) is 8.00. The summed E-state index contributed by atoms with van der Waals surface area (Å²) in [6.07, 6.45) is 5.47. The first kappa shape index (κ1) is 16.2. The summed E-state index contributed by atoms with van der Waals surface area (Å²) in [6.45, 7) is 7.25. The number of hydrogen-bond acceptors (Lipinski definition) is 5. The van der Waals surface area contributed by atoms with Gasteiger partial charge in [0, 0.05) is 32.0 Å². The monoisotopic (exact) mass is 338 g/mol. The Labute approximate surface area is 136 Å². The molecule has 0 unspecified atom stereocenters. The predicted octanol–water partition coefficient (Wildman–Crippen LogP) is 1.90. The van der Waals surface area contributed by atoms with E-state index in [9.17, 15) is 8.42 Å². The van der Waals surface area contributed by atoms with Gasteiger partial charge in [-0.2, -0.15) is 4.31 Å². The number of nitrogens with zero attached hydrogens (tertiary/aromatic N) is 4. The molecule has 7 nitrogen and oxygen atoms in total. The molecule has 0 amide bonds. The van der Waals surface area contributed by atoms with Gasteiger partial charge in [-0.15, -0.1) is 0 Å². The van der Waals surface area contributed by atoms with Crippen LogP contribution in [-0.2, 0) is 16.6 Å². The van der Waals surface area contributed by atoms with Crippen LogP contribution in [0.1, 0.15) is 30.1 Å². The third-order valence-electron chi connectivity index (χ3n) is 4.52. The average molecular weight is 338 g/mol. The Morgan fingerprint density at radius 1 is 1.26 bits per heavy atom. The van der Waals surface area contributed by atoms with Crippen molar-refractivity contribution in [1.82, 2.24) is 19.0 Å². The van der Waals surface area contributed by atoms with E-state index in [2.05, 4.69) is 14.7 Å². The fourth-order valence-corrected chi connectivity index (χ4v) is 4.94. The zero-order chi connectivity index (χ0) is 16.6. The summed E-state index contributed by atoms with van der Waals surface area (Å²) in [5.74, 6) is 1.83. The second kappa shape index (κ2) is 6.09. The zero-order valence-electron chi connectivity index (χ0n) is 13.7. The molecule has 1 aliphatic heterocycles. The van der Waals surface area contributed by atoms with Crippen molar-refractivity contribution in [3.63, 3.8) is 0 Å². The number of aryl methyl sites for hydroxylation is 3. The van der Waals surface area contributed by atoms with E-state index in [4.69, 9.17) is 4.52 Å². The van der Waals surface area contributed by atoms with E-state index in [0.29, 0.717) is 30.5 Å². The van der Waals surface area contributed by atoms with Crippen molar-refractivity contribution in [3.05, 3.63) is 29.7 Å². The summed E-state index contributed by atoms with van der Waals surface area (Å²) in [5.41, 5.74) is 0.429. The molecule has 0 radical (unpaired) electrons. The van der Waals surface area contributed by atoms with E-state index in [1.54, 1.807) is 24.3 Å². The van der Waals surface area contributed by atoms with Gasteiger partial charge in [0.25, 0.3) is 0 Å². The van der Waals surface area contributed by atoms with Crippen LogP contribution < -0.4 is 0 Å². The fraction of sp³-hybridized carbons (Fsp3) is 0.600. The number of rotatable bonds is 4. The molecule has 0 saturated carbocycles. The van der Waals surface area contributed by atoms with Gasteiger partial charge < -0.3 is 9.09 Å². The van der Waals surface area contributed by atoms with Crippen LogP contribution in [0.5, 0.6) is 0 Å². The summed E-state index contributed by atoms with van der Waals surface area (Å²) in [7, 11) is -3.52. The highest BCUT2D eigenvalue weighted by Crippen LogP contribution is 2.28. The molecule has 0 atom stereocenters. The minimum absolute atomic E-state index is 0.224. The van der Waals surface area contributed by atoms with E-state index < -0.39 is 10.0 Å². The van der Waals surface area contributed by atoms with E-state index >= 15 is 0 Å². The lowest BCUT2D eigenvalue weighted by molar-refractivity contribution is 0.251.